The van der Waals surface area contributed by atoms with E-state index in [1.807, 2.05) is 18.2 Å². The van der Waals surface area contributed by atoms with E-state index in [2.05, 4.69) is 16.8 Å². The molecule has 0 bridgehead atoms. The molecule has 3 aromatic rings. The molecule has 6 heteroatoms. The third kappa shape index (κ3) is 5.93. The zero-order valence-electron chi connectivity index (χ0n) is 19.0. The molecule has 3 nitrogen and oxygen atoms in total. The molecule has 0 amide bonds. The average Bonchev–Trinajstić information content (AvgIpc) is 2.85. The third-order valence-electron chi connectivity index (χ3n) is 5.07. The maximum Gasteiger partial charge on any atom is 0.441 e. The third-order valence-corrected chi connectivity index (χ3v) is 5.07. The van der Waals surface area contributed by atoms with Crippen LogP contribution >= 0.6 is 0 Å². The minimum atomic E-state index is -4.79. The Morgan fingerprint density at radius 1 is 0.735 bits per heavy atom. The standard InChI is InChI=1S/C28H26F3NO2/c1-3-33-26(34-4-2)21-20-25(28(29,30)31)32-27(22-14-8-5-9-15-22,23-16-10-6-11-17-23)24-18-12-7-13-19-24/h5-19,26H,3-4H2,1-2H3/b32-25+. The second-order valence-electron chi connectivity index (χ2n) is 7.28. The zero-order chi connectivity index (χ0) is 24.4. The van der Waals surface area contributed by atoms with Gasteiger partial charge in [0.05, 0.1) is 0 Å². The second-order valence-corrected chi connectivity index (χ2v) is 7.28. The largest absolute Gasteiger partial charge is 0.441 e. The van der Waals surface area contributed by atoms with Gasteiger partial charge in [-0.05, 0) is 42.4 Å². The number of nitrogens with zero attached hydrogens (tertiary/aromatic N) is 1. The summed E-state index contributed by atoms with van der Waals surface area (Å²) in [6.45, 7) is 3.94. The van der Waals surface area contributed by atoms with Crippen molar-refractivity contribution in [2.75, 3.05) is 13.2 Å². The lowest BCUT2D eigenvalue weighted by Crippen LogP contribution is -2.33. The van der Waals surface area contributed by atoms with Gasteiger partial charge in [0.2, 0.25) is 6.29 Å². The minimum Gasteiger partial charge on any atom is -0.342 e. The fraction of sp³-hybridized carbons (Fsp3) is 0.250. The first kappa shape index (κ1) is 25.2. The van der Waals surface area contributed by atoms with Crippen LogP contribution in [-0.2, 0) is 15.0 Å². The van der Waals surface area contributed by atoms with Crippen molar-refractivity contribution in [3.8, 4) is 11.8 Å². The molecule has 0 radical (unpaired) electrons. The van der Waals surface area contributed by atoms with Gasteiger partial charge in [-0.15, -0.1) is 0 Å². The Morgan fingerprint density at radius 2 is 1.12 bits per heavy atom. The lowest BCUT2D eigenvalue weighted by molar-refractivity contribution is -0.0970. The molecule has 0 spiro atoms. The van der Waals surface area contributed by atoms with Gasteiger partial charge >= 0.3 is 6.18 Å². The normalized spacial score (nSPS) is 12.4. The van der Waals surface area contributed by atoms with Gasteiger partial charge in [-0.25, -0.2) is 0 Å². The van der Waals surface area contributed by atoms with Gasteiger partial charge in [-0.3, -0.25) is 4.99 Å². The number of halogens is 3. The highest BCUT2D eigenvalue weighted by molar-refractivity contribution is 6.05. The van der Waals surface area contributed by atoms with E-state index in [0.717, 1.165) is 0 Å². The highest BCUT2D eigenvalue weighted by Crippen LogP contribution is 2.41. The van der Waals surface area contributed by atoms with E-state index < -0.39 is 23.7 Å². The predicted molar refractivity (Wildman–Crippen MR) is 128 cm³/mol. The molecule has 0 aliphatic rings. The quantitative estimate of drug-likeness (QED) is 0.167. The highest BCUT2D eigenvalue weighted by atomic mass is 19.4. The van der Waals surface area contributed by atoms with Crippen LogP contribution < -0.4 is 0 Å². The minimum absolute atomic E-state index is 0.250. The molecule has 34 heavy (non-hydrogen) atoms. The van der Waals surface area contributed by atoms with Crippen molar-refractivity contribution in [1.82, 2.24) is 0 Å². The van der Waals surface area contributed by atoms with Gasteiger partial charge in [-0.1, -0.05) is 91.0 Å². The molecule has 0 fully saturated rings. The first-order valence-electron chi connectivity index (χ1n) is 11.0. The predicted octanol–water partition coefficient (Wildman–Crippen LogP) is 6.38. The maximum absolute atomic E-state index is 14.3. The molecule has 3 rings (SSSR count). The molecule has 0 atom stereocenters. The molecule has 0 aliphatic heterocycles. The van der Waals surface area contributed by atoms with Crippen molar-refractivity contribution in [3.63, 3.8) is 0 Å². The Morgan fingerprint density at radius 3 is 1.44 bits per heavy atom. The van der Waals surface area contributed by atoms with E-state index in [4.69, 9.17) is 9.47 Å². The summed E-state index contributed by atoms with van der Waals surface area (Å²) in [6, 6.07) is 26.8. The Labute approximate surface area is 198 Å². The molecule has 0 aromatic heterocycles. The van der Waals surface area contributed by atoms with E-state index in [-0.39, 0.29) is 13.2 Å². The Hall–Kier alpha value is -3.40. The first-order valence-corrected chi connectivity index (χ1v) is 11.0. The average molecular weight is 466 g/mol. The Kier molecular flexibility index (Phi) is 8.64. The number of alkyl halides is 3. The molecule has 0 saturated heterocycles. The fourth-order valence-electron chi connectivity index (χ4n) is 3.62. The Bertz CT molecular complexity index is 1020. The lowest BCUT2D eigenvalue weighted by Gasteiger charge is -2.32. The zero-order valence-corrected chi connectivity index (χ0v) is 19.0. The van der Waals surface area contributed by atoms with E-state index in [9.17, 15) is 13.2 Å². The van der Waals surface area contributed by atoms with Gasteiger partial charge in [0.15, 0.2) is 5.71 Å². The SMILES string of the molecule is CCOC(C#C/C(=N\C(c1ccccc1)(c1ccccc1)c1ccccc1)C(F)(F)F)OCC. The number of benzene rings is 3. The summed E-state index contributed by atoms with van der Waals surface area (Å²) in [4.78, 5) is 4.39. The first-order chi connectivity index (χ1) is 16.4. The monoisotopic (exact) mass is 465 g/mol. The van der Waals surface area contributed by atoms with E-state index in [1.54, 1.807) is 86.6 Å². The maximum atomic E-state index is 14.3. The summed E-state index contributed by atoms with van der Waals surface area (Å²) in [7, 11) is 0. The number of aliphatic imine (C=N–C) groups is 1. The lowest BCUT2D eigenvalue weighted by atomic mass is 9.77. The van der Waals surface area contributed by atoms with Crippen LogP contribution in [0.1, 0.15) is 30.5 Å². The summed E-state index contributed by atoms with van der Waals surface area (Å²) in [5.41, 5.74) is -0.935. The van der Waals surface area contributed by atoms with Gasteiger partial charge in [0, 0.05) is 13.2 Å². The van der Waals surface area contributed by atoms with Gasteiger partial charge in [-0.2, -0.15) is 13.2 Å². The molecular weight excluding hydrogens is 439 g/mol. The van der Waals surface area contributed by atoms with E-state index in [0.29, 0.717) is 16.7 Å². The van der Waals surface area contributed by atoms with Crippen molar-refractivity contribution >= 4 is 5.71 Å². The molecule has 0 heterocycles. The van der Waals surface area contributed by atoms with Crippen LogP contribution in [0.25, 0.3) is 0 Å². The fourth-order valence-corrected chi connectivity index (χ4v) is 3.62. The number of hydrogen-bond donors (Lipinski definition) is 0. The topological polar surface area (TPSA) is 30.8 Å². The van der Waals surface area contributed by atoms with Crippen LogP contribution in [-0.4, -0.2) is 31.4 Å². The summed E-state index contributed by atoms with van der Waals surface area (Å²) < 4.78 is 53.5. The number of ether oxygens (including phenoxy) is 2. The molecule has 176 valence electrons. The summed E-state index contributed by atoms with van der Waals surface area (Å²) in [6.07, 6.45) is -5.87. The van der Waals surface area contributed by atoms with Gasteiger partial charge < -0.3 is 9.47 Å². The van der Waals surface area contributed by atoms with Crippen molar-refractivity contribution in [1.29, 1.82) is 0 Å². The van der Waals surface area contributed by atoms with Crippen LogP contribution in [0, 0.1) is 11.8 Å². The molecule has 0 unspecified atom stereocenters. The van der Waals surface area contributed by atoms with Crippen molar-refractivity contribution in [2.45, 2.75) is 31.9 Å². The van der Waals surface area contributed by atoms with Crippen LogP contribution in [0.2, 0.25) is 0 Å². The highest BCUT2D eigenvalue weighted by Gasteiger charge is 2.42. The van der Waals surface area contributed by atoms with Crippen LogP contribution in [0.3, 0.4) is 0 Å². The van der Waals surface area contributed by atoms with Crippen LogP contribution in [0.4, 0.5) is 13.2 Å². The van der Waals surface area contributed by atoms with Gasteiger partial charge in [0.1, 0.15) is 5.54 Å². The van der Waals surface area contributed by atoms with Gasteiger partial charge in [0.25, 0.3) is 0 Å². The van der Waals surface area contributed by atoms with Crippen molar-refractivity contribution in [2.24, 2.45) is 4.99 Å². The number of hydrogen-bond acceptors (Lipinski definition) is 3. The van der Waals surface area contributed by atoms with Crippen LogP contribution in [0.5, 0.6) is 0 Å². The summed E-state index contributed by atoms with van der Waals surface area (Å²) in [5.74, 6) is 4.68. The van der Waals surface area contributed by atoms with E-state index >= 15 is 0 Å². The summed E-state index contributed by atoms with van der Waals surface area (Å²) in [5, 5.41) is 0. The van der Waals surface area contributed by atoms with Crippen molar-refractivity contribution in [3.05, 3.63) is 108 Å². The van der Waals surface area contributed by atoms with E-state index in [1.165, 1.54) is 0 Å². The molecule has 3 aromatic carbocycles. The number of rotatable bonds is 8. The molecular formula is C28H26F3NO2. The summed E-state index contributed by atoms with van der Waals surface area (Å²) >= 11 is 0. The van der Waals surface area contributed by atoms with Crippen molar-refractivity contribution < 1.29 is 22.6 Å². The molecule has 0 aliphatic carbocycles. The second kappa shape index (κ2) is 11.6. The Balaban J connectivity index is 2.34. The molecule has 0 N–H and O–H groups in total. The molecule has 0 saturated carbocycles. The smallest absolute Gasteiger partial charge is 0.342 e. The van der Waals surface area contributed by atoms with Crippen LogP contribution in [0.15, 0.2) is 96.0 Å².